The Morgan fingerprint density at radius 2 is 1.48 bits per heavy atom. The fourth-order valence-corrected chi connectivity index (χ4v) is 5.26. The molecule has 2 nitrogen and oxygen atoms in total. The number of thiazole rings is 1. The van der Waals surface area contributed by atoms with Crippen LogP contribution in [0.15, 0.2) is 89.4 Å². The zero-order valence-electron chi connectivity index (χ0n) is 15.3. The first-order chi connectivity index (χ1) is 14.2. The summed E-state index contributed by atoms with van der Waals surface area (Å²) in [5.41, 5.74) is 6.91. The lowest BCUT2D eigenvalue weighted by atomic mass is 10.0. The second-order valence-electron chi connectivity index (χ2n) is 7.15. The maximum Gasteiger partial charge on any atom is 0.124 e. The molecule has 0 saturated heterocycles. The molecule has 0 unspecified atom stereocenters. The van der Waals surface area contributed by atoms with Gasteiger partial charge in [-0.2, -0.15) is 0 Å². The maximum atomic E-state index is 4.87. The molecule has 2 heterocycles. The van der Waals surface area contributed by atoms with Gasteiger partial charge < -0.3 is 4.98 Å². The van der Waals surface area contributed by atoms with E-state index >= 15 is 0 Å². The number of halogens is 1. The number of hydrogen-bond acceptors (Lipinski definition) is 2. The SMILES string of the molecule is Brc1cccc(-c2ccc3[nH]c4cc5nc(-c6ccccc6)sc5cc4c3c2)c1. The zero-order valence-corrected chi connectivity index (χ0v) is 17.7. The fraction of sp³-hybridized carbons (Fsp3) is 0. The second-order valence-corrected chi connectivity index (χ2v) is 9.09. The lowest BCUT2D eigenvalue weighted by molar-refractivity contribution is 1.47. The van der Waals surface area contributed by atoms with Gasteiger partial charge in [0.15, 0.2) is 0 Å². The molecule has 29 heavy (non-hydrogen) atoms. The van der Waals surface area contributed by atoms with Gasteiger partial charge in [0.2, 0.25) is 0 Å². The average Bonchev–Trinajstić information content (AvgIpc) is 3.32. The highest BCUT2D eigenvalue weighted by molar-refractivity contribution is 9.10. The minimum Gasteiger partial charge on any atom is -0.354 e. The number of aromatic nitrogens is 2. The summed E-state index contributed by atoms with van der Waals surface area (Å²) < 4.78 is 2.30. The highest BCUT2D eigenvalue weighted by Crippen LogP contribution is 2.36. The summed E-state index contributed by atoms with van der Waals surface area (Å²) in [4.78, 5) is 8.44. The third-order valence-corrected chi connectivity index (χ3v) is 6.85. The average molecular weight is 455 g/mol. The van der Waals surface area contributed by atoms with Gasteiger partial charge in [0, 0.05) is 31.8 Å². The normalized spacial score (nSPS) is 11.6. The van der Waals surface area contributed by atoms with E-state index in [1.54, 1.807) is 11.3 Å². The van der Waals surface area contributed by atoms with Crippen LogP contribution in [0.25, 0.3) is 53.7 Å². The minimum atomic E-state index is 1.04. The Bertz CT molecular complexity index is 1510. The van der Waals surface area contributed by atoms with Crippen LogP contribution in [0.2, 0.25) is 0 Å². The van der Waals surface area contributed by atoms with Crippen LogP contribution < -0.4 is 0 Å². The smallest absolute Gasteiger partial charge is 0.124 e. The van der Waals surface area contributed by atoms with Gasteiger partial charge in [-0.1, -0.05) is 64.5 Å². The van der Waals surface area contributed by atoms with Gasteiger partial charge in [-0.25, -0.2) is 4.98 Å². The van der Waals surface area contributed by atoms with Gasteiger partial charge in [-0.05, 0) is 47.5 Å². The molecule has 0 aliphatic rings. The number of benzene rings is 4. The number of nitrogens with one attached hydrogen (secondary N) is 1. The van der Waals surface area contributed by atoms with Crippen LogP contribution in [-0.4, -0.2) is 9.97 Å². The monoisotopic (exact) mass is 454 g/mol. The van der Waals surface area contributed by atoms with E-state index in [-0.39, 0.29) is 0 Å². The third-order valence-electron chi connectivity index (χ3n) is 5.29. The molecule has 4 aromatic carbocycles. The molecule has 1 N–H and O–H groups in total. The lowest BCUT2D eigenvalue weighted by Crippen LogP contribution is -1.78. The van der Waals surface area contributed by atoms with E-state index in [9.17, 15) is 0 Å². The molecule has 6 aromatic rings. The van der Waals surface area contributed by atoms with E-state index in [2.05, 4.69) is 99.8 Å². The molecule has 0 saturated carbocycles. The van der Waals surface area contributed by atoms with Crippen LogP contribution in [0, 0.1) is 0 Å². The summed E-state index contributed by atoms with van der Waals surface area (Å²) in [6.45, 7) is 0. The highest BCUT2D eigenvalue weighted by Gasteiger charge is 2.11. The molecule has 0 spiro atoms. The summed E-state index contributed by atoms with van der Waals surface area (Å²) in [5, 5.41) is 3.55. The van der Waals surface area contributed by atoms with Gasteiger partial charge in [-0.3, -0.25) is 0 Å². The standard InChI is InChI=1S/C25H15BrN2S/c26-18-8-4-7-16(11-18)17-9-10-21-19(12-17)20-13-24-23(14-22(20)27-21)28-25(29-24)15-5-2-1-3-6-15/h1-14,27H. The molecule has 0 bridgehead atoms. The number of aromatic amines is 1. The van der Waals surface area contributed by atoms with Crippen molar-refractivity contribution in [1.29, 1.82) is 0 Å². The Hall–Kier alpha value is -2.95. The number of hydrogen-bond donors (Lipinski definition) is 1. The van der Waals surface area contributed by atoms with Crippen LogP contribution in [0.5, 0.6) is 0 Å². The molecule has 0 amide bonds. The Balaban J connectivity index is 1.55. The summed E-state index contributed by atoms with van der Waals surface area (Å²) >= 11 is 5.33. The van der Waals surface area contributed by atoms with E-state index in [1.807, 2.05) is 6.07 Å². The van der Waals surface area contributed by atoms with Crippen molar-refractivity contribution in [3.05, 3.63) is 89.4 Å². The van der Waals surface area contributed by atoms with Gasteiger partial charge >= 0.3 is 0 Å². The Morgan fingerprint density at radius 3 is 2.34 bits per heavy atom. The largest absolute Gasteiger partial charge is 0.354 e. The molecule has 2 aromatic heterocycles. The Kier molecular flexibility index (Phi) is 3.83. The van der Waals surface area contributed by atoms with Crippen molar-refractivity contribution in [2.24, 2.45) is 0 Å². The third kappa shape index (κ3) is 2.87. The summed E-state index contributed by atoms with van der Waals surface area (Å²) in [6.07, 6.45) is 0. The van der Waals surface area contributed by atoms with Crippen molar-refractivity contribution in [1.82, 2.24) is 9.97 Å². The number of nitrogens with zero attached hydrogens (tertiary/aromatic N) is 1. The maximum absolute atomic E-state index is 4.87. The van der Waals surface area contributed by atoms with Crippen LogP contribution in [0.4, 0.5) is 0 Å². The quantitative estimate of drug-likeness (QED) is 0.281. The molecule has 138 valence electrons. The molecule has 0 aliphatic carbocycles. The predicted molar refractivity (Wildman–Crippen MR) is 128 cm³/mol. The van der Waals surface area contributed by atoms with E-state index in [1.165, 1.54) is 32.2 Å². The molecule has 0 radical (unpaired) electrons. The first kappa shape index (κ1) is 17.0. The first-order valence-electron chi connectivity index (χ1n) is 9.42. The predicted octanol–water partition coefficient (Wildman–Crippen LogP) is 8.03. The highest BCUT2D eigenvalue weighted by atomic mass is 79.9. The van der Waals surface area contributed by atoms with E-state index in [4.69, 9.17) is 4.98 Å². The number of H-pyrrole nitrogens is 1. The summed E-state index contributed by atoms with van der Waals surface area (Å²) in [5.74, 6) is 0. The Labute approximate surface area is 180 Å². The van der Waals surface area contributed by atoms with E-state index in [0.29, 0.717) is 0 Å². The van der Waals surface area contributed by atoms with Crippen molar-refractivity contribution < 1.29 is 0 Å². The van der Waals surface area contributed by atoms with Gasteiger partial charge in [0.05, 0.1) is 10.2 Å². The van der Waals surface area contributed by atoms with Gasteiger partial charge in [-0.15, -0.1) is 11.3 Å². The van der Waals surface area contributed by atoms with Crippen LogP contribution in [0.1, 0.15) is 0 Å². The summed E-state index contributed by atoms with van der Waals surface area (Å²) in [6, 6.07) is 29.9. The number of rotatable bonds is 2. The van der Waals surface area contributed by atoms with Crippen molar-refractivity contribution >= 4 is 59.3 Å². The topological polar surface area (TPSA) is 28.7 Å². The number of fused-ring (bicyclic) bond motifs is 4. The molecular formula is C25H15BrN2S. The van der Waals surface area contributed by atoms with Crippen molar-refractivity contribution in [2.45, 2.75) is 0 Å². The van der Waals surface area contributed by atoms with Gasteiger partial charge in [0.25, 0.3) is 0 Å². The van der Waals surface area contributed by atoms with Crippen molar-refractivity contribution in [3.63, 3.8) is 0 Å². The zero-order chi connectivity index (χ0) is 19.4. The molecule has 6 rings (SSSR count). The van der Waals surface area contributed by atoms with Crippen LogP contribution in [0.3, 0.4) is 0 Å². The first-order valence-corrected chi connectivity index (χ1v) is 11.0. The summed E-state index contributed by atoms with van der Waals surface area (Å²) in [7, 11) is 0. The van der Waals surface area contributed by atoms with Crippen molar-refractivity contribution in [3.8, 4) is 21.7 Å². The fourth-order valence-electron chi connectivity index (χ4n) is 3.87. The lowest BCUT2D eigenvalue weighted by Gasteiger charge is -2.03. The second kappa shape index (κ2) is 6.55. The van der Waals surface area contributed by atoms with E-state index in [0.717, 1.165) is 26.0 Å². The molecular weight excluding hydrogens is 440 g/mol. The Morgan fingerprint density at radius 1 is 0.690 bits per heavy atom. The molecule has 4 heteroatoms. The molecule has 0 aliphatic heterocycles. The van der Waals surface area contributed by atoms with Crippen molar-refractivity contribution in [2.75, 3.05) is 0 Å². The van der Waals surface area contributed by atoms with Crippen LogP contribution in [-0.2, 0) is 0 Å². The van der Waals surface area contributed by atoms with E-state index < -0.39 is 0 Å². The van der Waals surface area contributed by atoms with Gasteiger partial charge in [0.1, 0.15) is 5.01 Å². The molecule has 0 fully saturated rings. The van der Waals surface area contributed by atoms with Crippen LogP contribution >= 0.6 is 27.3 Å². The molecule has 0 atom stereocenters. The minimum absolute atomic E-state index is 1.04.